The van der Waals surface area contributed by atoms with Crippen LogP contribution < -0.4 is 0 Å². The van der Waals surface area contributed by atoms with Crippen molar-refractivity contribution in [2.24, 2.45) is 0 Å². The summed E-state index contributed by atoms with van der Waals surface area (Å²) in [6, 6.07) is 59.8. The fourth-order valence-corrected chi connectivity index (χ4v) is 8.28. The Morgan fingerprint density at radius 2 is 1.02 bits per heavy atom. The molecule has 2 aromatic heterocycles. The number of para-hydroxylation sites is 1. The van der Waals surface area contributed by atoms with Gasteiger partial charge < -0.3 is 4.57 Å². The van der Waals surface area contributed by atoms with E-state index in [1.807, 2.05) is 30.3 Å². The number of nitrogens with zero attached hydrogens (tertiary/aromatic N) is 4. The molecule has 0 unspecified atom stereocenters. The van der Waals surface area contributed by atoms with Crippen molar-refractivity contribution in [3.05, 3.63) is 181 Å². The summed E-state index contributed by atoms with van der Waals surface area (Å²) in [5.74, 6) is 1.91. The number of benzene rings is 7. The molecule has 2 heterocycles. The molecule has 10 rings (SSSR count). The SMILES string of the molecule is CC1(C)c2ccccc2-c2ccc3c(c21)c1ccccc1n3-c1cccc(-c2nc(-c3ccccc3)nc(-c3ccccc3-c3ccccc3)n2)c1. The van der Waals surface area contributed by atoms with Gasteiger partial charge in [-0.2, -0.15) is 0 Å². The van der Waals surface area contributed by atoms with E-state index in [2.05, 4.69) is 158 Å². The number of hydrogen-bond acceptors (Lipinski definition) is 3. The summed E-state index contributed by atoms with van der Waals surface area (Å²) in [7, 11) is 0. The molecule has 52 heavy (non-hydrogen) atoms. The lowest BCUT2D eigenvalue weighted by atomic mass is 9.80. The van der Waals surface area contributed by atoms with E-state index < -0.39 is 0 Å². The highest BCUT2D eigenvalue weighted by Crippen LogP contribution is 2.53. The maximum absolute atomic E-state index is 5.19. The Labute approximate surface area is 302 Å². The molecular formula is C48H34N4. The lowest BCUT2D eigenvalue weighted by molar-refractivity contribution is 0.666. The smallest absolute Gasteiger partial charge is 0.164 e. The van der Waals surface area contributed by atoms with Crippen molar-refractivity contribution < 1.29 is 0 Å². The third-order valence-corrected chi connectivity index (χ3v) is 10.6. The molecule has 4 heteroatoms. The predicted molar refractivity (Wildman–Crippen MR) is 213 cm³/mol. The molecule has 0 spiro atoms. The first-order valence-corrected chi connectivity index (χ1v) is 17.8. The third-order valence-electron chi connectivity index (χ3n) is 10.6. The van der Waals surface area contributed by atoms with Crippen LogP contribution in [0.25, 0.3) is 83.9 Å². The van der Waals surface area contributed by atoms with Gasteiger partial charge in [-0.25, -0.2) is 15.0 Å². The minimum Gasteiger partial charge on any atom is -0.309 e. The maximum atomic E-state index is 5.19. The minimum atomic E-state index is -0.132. The second-order valence-corrected chi connectivity index (χ2v) is 14.0. The van der Waals surface area contributed by atoms with Crippen LogP contribution >= 0.6 is 0 Å². The first kappa shape index (κ1) is 30.2. The first-order chi connectivity index (χ1) is 25.6. The van der Waals surface area contributed by atoms with Crippen LogP contribution in [0.2, 0.25) is 0 Å². The normalized spacial score (nSPS) is 13.0. The summed E-state index contributed by atoms with van der Waals surface area (Å²) < 4.78 is 2.40. The summed E-state index contributed by atoms with van der Waals surface area (Å²) in [6.45, 7) is 4.73. The predicted octanol–water partition coefficient (Wildman–Crippen LogP) is 11.9. The van der Waals surface area contributed by atoms with Gasteiger partial charge >= 0.3 is 0 Å². The largest absolute Gasteiger partial charge is 0.309 e. The Bertz CT molecular complexity index is 2810. The van der Waals surface area contributed by atoms with Crippen LogP contribution in [0.4, 0.5) is 0 Å². The molecule has 7 aromatic carbocycles. The van der Waals surface area contributed by atoms with Crippen molar-refractivity contribution in [3.8, 4) is 62.1 Å². The van der Waals surface area contributed by atoms with Gasteiger partial charge in [0.05, 0.1) is 11.0 Å². The number of hydrogen-bond donors (Lipinski definition) is 0. The van der Waals surface area contributed by atoms with E-state index in [-0.39, 0.29) is 5.41 Å². The number of rotatable bonds is 5. The van der Waals surface area contributed by atoms with Crippen LogP contribution in [0.3, 0.4) is 0 Å². The fourth-order valence-electron chi connectivity index (χ4n) is 8.28. The zero-order valence-corrected chi connectivity index (χ0v) is 29.0. The quantitative estimate of drug-likeness (QED) is 0.184. The van der Waals surface area contributed by atoms with E-state index >= 15 is 0 Å². The molecule has 0 bridgehead atoms. The lowest BCUT2D eigenvalue weighted by Gasteiger charge is -2.22. The van der Waals surface area contributed by atoms with E-state index in [4.69, 9.17) is 15.0 Å². The third kappa shape index (κ3) is 4.65. The Morgan fingerprint density at radius 1 is 0.423 bits per heavy atom. The van der Waals surface area contributed by atoms with Crippen LogP contribution in [0.1, 0.15) is 25.0 Å². The topological polar surface area (TPSA) is 43.6 Å². The van der Waals surface area contributed by atoms with Crippen LogP contribution in [-0.2, 0) is 5.41 Å². The van der Waals surface area contributed by atoms with Crippen LogP contribution in [-0.4, -0.2) is 19.5 Å². The molecule has 0 N–H and O–H groups in total. The van der Waals surface area contributed by atoms with Crippen molar-refractivity contribution in [2.45, 2.75) is 19.3 Å². The first-order valence-electron chi connectivity index (χ1n) is 17.8. The Balaban J connectivity index is 1.18. The highest BCUT2D eigenvalue weighted by atomic mass is 15.0. The second kappa shape index (κ2) is 11.7. The van der Waals surface area contributed by atoms with E-state index in [1.165, 1.54) is 44.1 Å². The number of aromatic nitrogens is 4. The number of fused-ring (bicyclic) bond motifs is 7. The lowest BCUT2D eigenvalue weighted by Crippen LogP contribution is -2.15. The molecule has 0 aliphatic heterocycles. The van der Waals surface area contributed by atoms with Crippen LogP contribution in [0, 0.1) is 0 Å². The molecule has 0 amide bonds. The van der Waals surface area contributed by atoms with Gasteiger partial charge in [-0.15, -0.1) is 0 Å². The highest BCUT2D eigenvalue weighted by Gasteiger charge is 2.38. The molecule has 1 aliphatic rings. The molecule has 0 saturated heterocycles. The molecule has 0 radical (unpaired) electrons. The highest BCUT2D eigenvalue weighted by molar-refractivity contribution is 6.14. The summed E-state index contributed by atoms with van der Waals surface area (Å²) in [5, 5.41) is 2.57. The van der Waals surface area contributed by atoms with Crippen molar-refractivity contribution in [3.63, 3.8) is 0 Å². The Hall–Kier alpha value is -6.65. The fraction of sp³-hybridized carbons (Fsp3) is 0.0625. The molecular weight excluding hydrogens is 633 g/mol. The Morgan fingerprint density at radius 3 is 1.81 bits per heavy atom. The molecule has 0 saturated carbocycles. The van der Waals surface area contributed by atoms with Gasteiger partial charge in [0, 0.05) is 38.6 Å². The summed E-state index contributed by atoms with van der Waals surface area (Å²) in [6.07, 6.45) is 0. The molecule has 0 fully saturated rings. The summed E-state index contributed by atoms with van der Waals surface area (Å²) >= 11 is 0. The van der Waals surface area contributed by atoms with Crippen molar-refractivity contribution in [2.75, 3.05) is 0 Å². The van der Waals surface area contributed by atoms with Gasteiger partial charge in [0.25, 0.3) is 0 Å². The zero-order chi connectivity index (χ0) is 34.8. The van der Waals surface area contributed by atoms with Crippen molar-refractivity contribution in [1.29, 1.82) is 0 Å². The average molecular weight is 667 g/mol. The van der Waals surface area contributed by atoms with Crippen molar-refractivity contribution >= 4 is 21.8 Å². The van der Waals surface area contributed by atoms with Gasteiger partial charge in [-0.3, -0.25) is 0 Å². The van der Waals surface area contributed by atoms with E-state index in [0.29, 0.717) is 17.5 Å². The standard InChI is InChI=1S/C48H34N4/c1-48(2)40-26-13-11-23-36(40)37-28-29-42-43(44(37)48)39-25-12-14-27-41(39)52(42)34-21-15-20-33(30-34)46-49-45(32-18-7-4-8-19-32)50-47(51-46)38-24-10-9-22-35(38)31-16-5-3-6-17-31/h3-30H,1-2H3. The minimum absolute atomic E-state index is 0.132. The molecule has 246 valence electrons. The molecule has 0 atom stereocenters. The average Bonchev–Trinajstić information content (AvgIpc) is 3.67. The zero-order valence-electron chi connectivity index (χ0n) is 29.0. The van der Waals surface area contributed by atoms with Crippen LogP contribution in [0.5, 0.6) is 0 Å². The molecule has 9 aromatic rings. The van der Waals surface area contributed by atoms with Crippen LogP contribution in [0.15, 0.2) is 170 Å². The van der Waals surface area contributed by atoms with E-state index in [0.717, 1.165) is 33.5 Å². The maximum Gasteiger partial charge on any atom is 0.164 e. The Kier molecular flexibility index (Phi) is 6.80. The van der Waals surface area contributed by atoms with Crippen molar-refractivity contribution in [1.82, 2.24) is 19.5 Å². The van der Waals surface area contributed by atoms with Gasteiger partial charge in [-0.05, 0) is 57.6 Å². The van der Waals surface area contributed by atoms with Gasteiger partial charge in [0.15, 0.2) is 17.5 Å². The van der Waals surface area contributed by atoms with Gasteiger partial charge in [-0.1, -0.05) is 159 Å². The second-order valence-electron chi connectivity index (χ2n) is 14.0. The summed E-state index contributed by atoms with van der Waals surface area (Å²) in [5.41, 5.74) is 13.8. The monoisotopic (exact) mass is 666 g/mol. The molecule has 4 nitrogen and oxygen atoms in total. The van der Waals surface area contributed by atoms with Gasteiger partial charge in [0.1, 0.15) is 0 Å². The van der Waals surface area contributed by atoms with E-state index in [1.54, 1.807) is 0 Å². The van der Waals surface area contributed by atoms with Gasteiger partial charge in [0.2, 0.25) is 0 Å². The molecule has 1 aliphatic carbocycles. The van der Waals surface area contributed by atoms with E-state index in [9.17, 15) is 0 Å². The summed E-state index contributed by atoms with van der Waals surface area (Å²) in [4.78, 5) is 15.4.